The lowest BCUT2D eigenvalue weighted by atomic mass is 10.1. The molecule has 3 aromatic rings. The zero-order valence-corrected chi connectivity index (χ0v) is 17.1. The molecule has 0 saturated heterocycles. The first-order valence-electron chi connectivity index (χ1n) is 9.09. The summed E-state index contributed by atoms with van der Waals surface area (Å²) in [5.74, 6) is 0.571. The Kier molecular flexibility index (Phi) is 6.92. The summed E-state index contributed by atoms with van der Waals surface area (Å²) in [5, 5.41) is 2.78. The minimum absolute atomic E-state index is 0.102. The highest BCUT2D eigenvalue weighted by atomic mass is 32.2. The van der Waals surface area contributed by atoms with Gasteiger partial charge in [0.2, 0.25) is 0 Å². The highest BCUT2D eigenvalue weighted by molar-refractivity contribution is 8.13. The Morgan fingerprint density at radius 1 is 0.897 bits per heavy atom. The van der Waals surface area contributed by atoms with Gasteiger partial charge in [0.1, 0.15) is 12.4 Å². The van der Waals surface area contributed by atoms with E-state index in [-0.39, 0.29) is 11.1 Å². The second-order valence-electron chi connectivity index (χ2n) is 6.51. The SMILES string of the molecule is CN(C)C(=O)Sc1ccccc1NC(=O)c1ccc(COc2ccccc2)cc1. The molecule has 0 heterocycles. The molecule has 0 aliphatic carbocycles. The maximum Gasteiger partial charge on any atom is 0.286 e. The lowest BCUT2D eigenvalue weighted by Gasteiger charge is -2.13. The lowest BCUT2D eigenvalue weighted by Crippen LogP contribution is -2.17. The smallest absolute Gasteiger partial charge is 0.286 e. The van der Waals surface area contributed by atoms with Crippen molar-refractivity contribution in [3.8, 4) is 5.75 Å². The Balaban J connectivity index is 1.63. The van der Waals surface area contributed by atoms with Crippen LogP contribution in [0.25, 0.3) is 0 Å². The molecule has 0 aliphatic heterocycles. The number of anilines is 1. The zero-order valence-electron chi connectivity index (χ0n) is 16.3. The van der Waals surface area contributed by atoms with Crippen LogP contribution in [0.15, 0.2) is 83.8 Å². The van der Waals surface area contributed by atoms with Crippen LogP contribution in [-0.4, -0.2) is 30.1 Å². The van der Waals surface area contributed by atoms with E-state index in [2.05, 4.69) is 5.32 Å². The first-order valence-corrected chi connectivity index (χ1v) is 9.91. The van der Waals surface area contributed by atoms with Crippen LogP contribution in [-0.2, 0) is 6.61 Å². The lowest BCUT2D eigenvalue weighted by molar-refractivity contribution is 0.102. The largest absolute Gasteiger partial charge is 0.489 e. The third kappa shape index (κ3) is 5.86. The highest BCUT2D eigenvalue weighted by Gasteiger charge is 2.13. The van der Waals surface area contributed by atoms with Crippen LogP contribution in [0.4, 0.5) is 10.5 Å². The number of para-hydroxylation sites is 2. The molecule has 0 atom stereocenters. The topological polar surface area (TPSA) is 58.6 Å². The maximum absolute atomic E-state index is 12.6. The molecule has 0 aliphatic rings. The van der Waals surface area contributed by atoms with Gasteiger partial charge in [0.25, 0.3) is 11.1 Å². The van der Waals surface area contributed by atoms with Crippen LogP contribution < -0.4 is 10.1 Å². The number of nitrogens with zero attached hydrogens (tertiary/aromatic N) is 1. The molecule has 1 N–H and O–H groups in total. The average Bonchev–Trinajstić information content (AvgIpc) is 2.74. The van der Waals surface area contributed by atoms with E-state index in [0.717, 1.165) is 23.1 Å². The quantitative estimate of drug-likeness (QED) is 0.565. The Morgan fingerprint density at radius 3 is 2.24 bits per heavy atom. The van der Waals surface area contributed by atoms with Gasteiger partial charge in [-0.2, -0.15) is 0 Å². The Morgan fingerprint density at radius 2 is 1.55 bits per heavy atom. The first kappa shape index (κ1) is 20.5. The number of rotatable bonds is 6. The van der Waals surface area contributed by atoms with Gasteiger partial charge in [-0.25, -0.2) is 0 Å². The predicted molar refractivity (Wildman–Crippen MR) is 117 cm³/mol. The maximum atomic E-state index is 12.6. The summed E-state index contributed by atoms with van der Waals surface area (Å²) in [6, 6.07) is 24.1. The second-order valence-corrected chi connectivity index (χ2v) is 7.50. The molecule has 3 rings (SSSR count). The van der Waals surface area contributed by atoms with E-state index in [1.54, 1.807) is 32.3 Å². The predicted octanol–water partition coefficient (Wildman–Crippen LogP) is 5.29. The van der Waals surface area contributed by atoms with Gasteiger partial charge in [-0.05, 0) is 53.7 Å². The molecule has 0 fully saturated rings. The number of carbonyl (C=O) groups excluding carboxylic acids is 2. The molecular weight excluding hydrogens is 384 g/mol. The minimum atomic E-state index is -0.231. The molecule has 0 unspecified atom stereocenters. The summed E-state index contributed by atoms with van der Waals surface area (Å²) in [5.41, 5.74) is 2.11. The molecule has 5 nitrogen and oxygen atoms in total. The minimum Gasteiger partial charge on any atom is -0.489 e. The van der Waals surface area contributed by atoms with Gasteiger partial charge in [0, 0.05) is 24.6 Å². The van der Waals surface area contributed by atoms with Crippen LogP contribution >= 0.6 is 11.8 Å². The van der Waals surface area contributed by atoms with E-state index in [9.17, 15) is 9.59 Å². The van der Waals surface area contributed by atoms with Crippen molar-refractivity contribution in [3.05, 3.63) is 90.0 Å². The number of thioether (sulfide) groups is 1. The van der Waals surface area contributed by atoms with Crippen LogP contribution in [0.5, 0.6) is 5.75 Å². The molecule has 0 bridgehead atoms. The molecule has 0 spiro atoms. The zero-order chi connectivity index (χ0) is 20.6. The fourth-order valence-corrected chi connectivity index (χ4v) is 3.22. The van der Waals surface area contributed by atoms with Crippen LogP contribution in [0.3, 0.4) is 0 Å². The van der Waals surface area contributed by atoms with E-state index in [0.29, 0.717) is 22.8 Å². The standard InChI is InChI=1S/C23H22N2O3S/c1-25(2)23(27)29-21-11-7-6-10-20(21)24-22(26)18-14-12-17(13-15-18)16-28-19-8-4-3-5-9-19/h3-15H,16H2,1-2H3,(H,24,26). The van der Waals surface area contributed by atoms with Crippen LogP contribution in [0, 0.1) is 0 Å². The van der Waals surface area contributed by atoms with E-state index < -0.39 is 0 Å². The normalized spacial score (nSPS) is 10.3. The molecule has 6 heteroatoms. The first-order chi connectivity index (χ1) is 14.0. The van der Waals surface area contributed by atoms with Gasteiger partial charge >= 0.3 is 0 Å². The number of hydrogen-bond acceptors (Lipinski definition) is 4. The molecule has 2 amide bonds. The number of ether oxygens (including phenoxy) is 1. The molecule has 148 valence electrons. The van der Waals surface area contributed by atoms with E-state index in [1.165, 1.54) is 4.90 Å². The van der Waals surface area contributed by atoms with E-state index >= 15 is 0 Å². The molecule has 0 aromatic heterocycles. The summed E-state index contributed by atoms with van der Waals surface area (Å²) >= 11 is 1.08. The summed E-state index contributed by atoms with van der Waals surface area (Å²) in [6.45, 7) is 0.429. The number of amides is 2. The van der Waals surface area contributed by atoms with Crippen LogP contribution in [0.1, 0.15) is 15.9 Å². The van der Waals surface area contributed by atoms with E-state index in [1.807, 2.05) is 60.7 Å². The summed E-state index contributed by atoms with van der Waals surface area (Å²) in [4.78, 5) is 26.8. The molecule has 29 heavy (non-hydrogen) atoms. The number of hydrogen-bond donors (Lipinski definition) is 1. The summed E-state index contributed by atoms with van der Waals surface area (Å²) in [6.07, 6.45) is 0. The Hall–Kier alpha value is -3.25. The van der Waals surface area contributed by atoms with Crippen molar-refractivity contribution in [1.29, 1.82) is 0 Å². The van der Waals surface area contributed by atoms with Crippen molar-refractivity contribution in [1.82, 2.24) is 4.90 Å². The second kappa shape index (κ2) is 9.80. The van der Waals surface area contributed by atoms with Crippen molar-refractivity contribution in [2.24, 2.45) is 0 Å². The summed E-state index contributed by atoms with van der Waals surface area (Å²) in [7, 11) is 3.39. The van der Waals surface area contributed by atoms with Crippen molar-refractivity contribution >= 4 is 28.6 Å². The third-order valence-corrected chi connectivity index (χ3v) is 5.18. The monoisotopic (exact) mass is 406 g/mol. The van der Waals surface area contributed by atoms with Crippen molar-refractivity contribution < 1.29 is 14.3 Å². The Bertz CT molecular complexity index is 973. The van der Waals surface area contributed by atoms with Crippen LogP contribution in [0.2, 0.25) is 0 Å². The van der Waals surface area contributed by atoms with Gasteiger partial charge in [0.05, 0.1) is 5.69 Å². The molecule has 0 saturated carbocycles. The highest BCUT2D eigenvalue weighted by Crippen LogP contribution is 2.29. The van der Waals surface area contributed by atoms with Gasteiger partial charge in [-0.3, -0.25) is 9.59 Å². The van der Waals surface area contributed by atoms with Gasteiger partial charge in [0.15, 0.2) is 0 Å². The number of benzene rings is 3. The fourth-order valence-electron chi connectivity index (χ4n) is 2.47. The summed E-state index contributed by atoms with van der Waals surface area (Å²) < 4.78 is 5.72. The van der Waals surface area contributed by atoms with Gasteiger partial charge in [-0.15, -0.1) is 0 Å². The van der Waals surface area contributed by atoms with Crippen molar-refractivity contribution in [2.45, 2.75) is 11.5 Å². The number of nitrogens with one attached hydrogen (secondary N) is 1. The number of carbonyl (C=O) groups is 2. The molecule has 0 radical (unpaired) electrons. The average molecular weight is 407 g/mol. The van der Waals surface area contributed by atoms with Crippen molar-refractivity contribution in [3.63, 3.8) is 0 Å². The van der Waals surface area contributed by atoms with Gasteiger partial charge < -0.3 is 15.0 Å². The Labute approximate surface area is 174 Å². The fraction of sp³-hybridized carbons (Fsp3) is 0.130. The third-order valence-electron chi connectivity index (χ3n) is 4.06. The van der Waals surface area contributed by atoms with Crippen molar-refractivity contribution in [2.75, 3.05) is 19.4 Å². The van der Waals surface area contributed by atoms with E-state index in [4.69, 9.17) is 4.74 Å². The van der Waals surface area contributed by atoms with Gasteiger partial charge in [-0.1, -0.05) is 42.5 Å². The molecular formula is C23H22N2O3S. The molecule has 3 aromatic carbocycles.